The Labute approximate surface area is 213 Å². The Morgan fingerprint density at radius 1 is 0.361 bits per heavy atom. The smallest absolute Gasteiger partial charge is 0.118 e. The van der Waals surface area contributed by atoms with Crippen LogP contribution in [0.4, 0.5) is 0 Å². The Hall–Kier alpha value is -4.44. The van der Waals surface area contributed by atoms with E-state index in [-0.39, 0.29) is 0 Å². The van der Waals surface area contributed by atoms with Crippen LogP contribution < -0.4 is 18.9 Å². The molecule has 0 aliphatic carbocycles. The van der Waals surface area contributed by atoms with Crippen molar-refractivity contribution in [1.29, 1.82) is 0 Å². The molecule has 0 N–H and O–H groups in total. The van der Waals surface area contributed by atoms with Crippen LogP contribution in [-0.4, -0.2) is 28.4 Å². The van der Waals surface area contributed by atoms with Crippen LogP contribution in [0.25, 0.3) is 11.1 Å². The third-order valence-corrected chi connectivity index (χ3v) is 6.02. The first-order valence-corrected chi connectivity index (χ1v) is 11.6. The Kier molecular flexibility index (Phi) is 8.09. The Morgan fingerprint density at radius 2 is 0.556 bits per heavy atom. The van der Waals surface area contributed by atoms with Crippen LogP contribution in [-0.2, 0) is 0 Å². The predicted molar refractivity (Wildman–Crippen MR) is 146 cm³/mol. The molecule has 0 fully saturated rings. The first kappa shape index (κ1) is 24.7. The fraction of sp³-hybridized carbons (Fsp3) is 0.125. The van der Waals surface area contributed by atoms with Gasteiger partial charge < -0.3 is 18.9 Å². The van der Waals surface area contributed by atoms with Crippen molar-refractivity contribution in [2.45, 2.75) is 0 Å². The molecule has 0 aliphatic rings. The van der Waals surface area contributed by atoms with Gasteiger partial charge in [-0.3, -0.25) is 0 Å². The van der Waals surface area contributed by atoms with Crippen molar-refractivity contribution in [3.05, 3.63) is 131 Å². The number of benzene rings is 4. The minimum atomic E-state index is 0.820. The van der Waals surface area contributed by atoms with Gasteiger partial charge in [0.05, 0.1) is 28.4 Å². The maximum atomic E-state index is 5.37. The van der Waals surface area contributed by atoms with Gasteiger partial charge in [-0.25, -0.2) is 0 Å². The van der Waals surface area contributed by atoms with Crippen molar-refractivity contribution in [3.8, 4) is 23.0 Å². The second kappa shape index (κ2) is 11.8. The van der Waals surface area contributed by atoms with Gasteiger partial charge >= 0.3 is 0 Å². The quantitative estimate of drug-likeness (QED) is 0.237. The van der Waals surface area contributed by atoms with Gasteiger partial charge in [0.1, 0.15) is 23.0 Å². The van der Waals surface area contributed by atoms with Crippen LogP contribution >= 0.6 is 0 Å². The van der Waals surface area contributed by atoms with E-state index in [0.29, 0.717) is 0 Å². The molecule has 4 aromatic carbocycles. The van der Waals surface area contributed by atoms with E-state index < -0.39 is 0 Å². The molecule has 0 bridgehead atoms. The van der Waals surface area contributed by atoms with E-state index in [1.807, 2.05) is 48.5 Å². The monoisotopic (exact) mass is 478 g/mol. The maximum absolute atomic E-state index is 5.37. The summed E-state index contributed by atoms with van der Waals surface area (Å²) in [6, 6.07) is 32.4. The summed E-state index contributed by atoms with van der Waals surface area (Å²) in [6.45, 7) is 0. The third kappa shape index (κ3) is 5.78. The second-order valence-electron chi connectivity index (χ2n) is 8.07. The summed E-state index contributed by atoms with van der Waals surface area (Å²) >= 11 is 0. The lowest BCUT2D eigenvalue weighted by Crippen LogP contribution is -1.92. The molecular formula is C32H30O4. The van der Waals surface area contributed by atoms with Gasteiger partial charge in [0.25, 0.3) is 0 Å². The fourth-order valence-corrected chi connectivity index (χ4v) is 3.97. The molecule has 0 saturated heterocycles. The Morgan fingerprint density at radius 3 is 0.722 bits per heavy atom. The van der Waals surface area contributed by atoms with Crippen LogP contribution in [0, 0.1) is 0 Å². The standard InChI is InChI=1S/C32H30O4/c1-33-27-13-5-23(6-14-27)31(24-7-15-28(34-2)16-8-24)21-22-32(25-9-17-29(35-3)18-10-25)26-11-19-30(36-4)20-12-26/h5-22H,1-4H3. The zero-order chi connectivity index (χ0) is 25.3. The molecule has 4 heteroatoms. The first-order chi connectivity index (χ1) is 17.6. The fourth-order valence-electron chi connectivity index (χ4n) is 3.97. The number of ether oxygens (including phenoxy) is 4. The minimum absolute atomic E-state index is 0.820. The zero-order valence-electron chi connectivity index (χ0n) is 21.0. The normalized spacial score (nSPS) is 10.2. The van der Waals surface area contributed by atoms with E-state index >= 15 is 0 Å². The molecule has 4 aromatic rings. The first-order valence-electron chi connectivity index (χ1n) is 11.6. The Balaban J connectivity index is 1.85. The summed E-state index contributed by atoms with van der Waals surface area (Å²) in [4.78, 5) is 0. The van der Waals surface area contributed by atoms with Crippen molar-refractivity contribution in [3.63, 3.8) is 0 Å². The van der Waals surface area contributed by atoms with Gasteiger partial charge in [-0.05, 0) is 81.9 Å². The maximum Gasteiger partial charge on any atom is 0.118 e. The van der Waals surface area contributed by atoms with Gasteiger partial charge in [0, 0.05) is 0 Å². The molecule has 36 heavy (non-hydrogen) atoms. The van der Waals surface area contributed by atoms with Gasteiger partial charge in [-0.15, -0.1) is 0 Å². The van der Waals surface area contributed by atoms with Crippen LogP contribution in [0.1, 0.15) is 22.3 Å². The summed E-state index contributed by atoms with van der Waals surface area (Å²) < 4.78 is 21.5. The SMILES string of the molecule is COc1ccc(C(=CC=C(c2ccc(OC)cc2)c2ccc(OC)cc2)c2ccc(OC)cc2)cc1. The molecular weight excluding hydrogens is 448 g/mol. The average molecular weight is 479 g/mol. The lowest BCUT2D eigenvalue weighted by molar-refractivity contribution is 0.414. The van der Waals surface area contributed by atoms with Crippen molar-refractivity contribution < 1.29 is 18.9 Å². The molecule has 0 radical (unpaired) electrons. The van der Waals surface area contributed by atoms with Gasteiger partial charge in [-0.1, -0.05) is 60.7 Å². The van der Waals surface area contributed by atoms with Crippen LogP contribution in [0.3, 0.4) is 0 Å². The summed E-state index contributed by atoms with van der Waals surface area (Å²) in [5, 5.41) is 0. The number of allylic oxidation sites excluding steroid dienone is 2. The van der Waals surface area contributed by atoms with E-state index in [1.54, 1.807) is 28.4 Å². The molecule has 0 atom stereocenters. The lowest BCUT2D eigenvalue weighted by Gasteiger charge is -2.12. The summed E-state index contributed by atoms with van der Waals surface area (Å²) in [6.07, 6.45) is 4.32. The third-order valence-electron chi connectivity index (χ3n) is 6.02. The molecule has 0 aliphatic heterocycles. The lowest BCUT2D eigenvalue weighted by atomic mass is 9.94. The van der Waals surface area contributed by atoms with E-state index in [9.17, 15) is 0 Å². The van der Waals surface area contributed by atoms with E-state index in [4.69, 9.17) is 18.9 Å². The molecule has 0 aromatic heterocycles. The zero-order valence-corrected chi connectivity index (χ0v) is 21.0. The summed E-state index contributed by atoms with van der Waals surface area (Å²) in [5.74, 6) is 3.28. The largest absolute Gasteiger partial charge is 0.497 e. The van der Waals surface area contributed by atoms with E-state index in [2.05, 4.69) is 60.7 Å². The number of hydrogen-bond acceptors (Lipinski definition) is 4. The molecule has 0 saturated carbocycles. The Bertz CT molecular complexity index is 1110. The van der Waals surface area contributed by atoms with Crippen LogP contribution in [0.2, 0.25) is 0 Å². The highest BCUT2D eigenvalue weighted by molar-refractivity contribution is 5.86. The van der Waals surface area contributed by atoms with Crippen molar-refractivity contribution in [1.82, 2.24) is 0 Å². The van der Waals surface area contributed by atoms with Crippen molar-refractivity contribution in [2.75, 3.05) is 28.4 Å². The minimum Gasteiger partial charge on any atom is -0.497 e. The van der Waals surface area contributed by atoms with Crippen molar-refractivity contribution >= 4 is 11.1 Å². The molecule has 182 valence electrons. The molecule has 0 spiro atoms. The van der Waals surface area contributed by atoms with E-state index in [0.717, 1.165) is 56.4 Å². The molecule has 0 heterocycles. The van der Waals surface area contributed by atoms with E-state index in [1.165, 1.54) is 0 Å². The second-order valence-corrected chi connectivity index (χ2v) is 8.07. The van der Waals surface area contributed by atoms with Gasteiger partial charge in [0.15, 0.2) is 0 Å². The number of rotatable bonds is 9. The number of methoxy groups -OCH3 is 4. The number of hydrogen-bond donors (Lipinski definition) is 0. The van der Waals surface area contributed by atoms with Gasteiger partial charge in [0.2, 0.25) is 0 Å². The molecule has 4 nitrogen and oxygen atoms in total. The van der Waals surface area contributed by atoms with Gasteiger partial charge in [-0.2, -0.15) is 0 Å². The van der Waals surface area contributed by atoms with Crippen LogP contribution in [0.15, 0.2) is 109 Å². The predicted octanol–water partition coefficient (Wildman–Crippen LogP) is 7.28. The highest BCUT2D eigenvalue weighted by Crippen LogP contribution is 2.31. The highest BCUT2D eigenvalue weighted by atomic mass is 16.5. The van der Waals surface area contributed by atoms with Crippen LogP contribution in [0.5, 0.6) is 23.0 Å². The highest BCUT2D eigenvalue weighted by Gasteiger charge is 2.09. The average Bonchev–Trinajstić information content (AvgIpc) is 2.96. The molecule has 0 unspecified atom stereocenters. The molecule has 0 amide bonds. The topological polar surface area (TPSA) is 36.9 Å². The summed E-state index contributed by atoms with van der Waals surface area (Å²) in [5.41, 5.74) is 6.50. The van der Waals surface area contributed by atoms with Crippen molar-refractivity contribution in [2.24, 2.45) is 0 Å². The summed E-state index contributed by atoms with van der Waals surface area (Å²) in [7, 11) is 6.70. The molecule has 4 rings (SSSR count).